The maximum absolute atomic E-state index is 16.1. The first kappa shape index (κ1) is 90.5. The Balaban J connectivity index is 1.10. The van der Waals surface area contributed by atoms with Crippen molar-refractivity contribution in [3.05, 3.63) is 277 Å². The normalized spacial score (nSPS) is 10.8. The van der Waals surface area contributed by atoms with Gasteiger partial charge in [-0.3, -0.25) is 29.9 Å². The van der Waals surface area contributed by atoms with E-state index >= 15 is 28.8 Å². The van der Waals surface area contributed by atoms with E-state index in [2.05, 4.69) is 74.6 Å². The summed E-state index contributed by atoms with van der Waals surface area (Å²) in [6.45, 7) is 24.5. The molecule has 0 saturated heterocycles. The summed E-state index contributed by atoms with van der Waals surface area (Å²) >= 11 is 0. The summed E-state index contributed by atoms with van der Waals surface area (Å²) in [4.78, 5) is 193. The van der Waals surface area contributed by atoms with Crippen molar-refractivity contribution in [3.8, 4) is 34.1 Å². The standard InChI is InChI=1S/C93H94N18O14/c1-14-18-40-122-86(114)102-79-44-68(31-22-61(79)7)98-55-100-77-50-74(37-28-59(77)5)106-88(116)107(75-38-29-60(6)78(51-75)101-56-99-69-32-23-62(8)80(45-69)103-87(115)123-41-19-15-2)90(118)108(89(106)117)76-39-30-67(13)85(52-76)111-92(120)109(83-48-72(35-26-65(83)11)96-53-94-70-33-24-63(9)81(46-70)104(57-112)124-42-20-16-3)91(119)110(93(111)121)84-49-73(36-27-66(84)12)97-54-95-71-34-25-64(10)82(47-71)105(58-113)125-43-21-17-4/h22-39,44-52,57-58H,14-21,40-43H2,1-13H3,(H,102,114)(H,103,115). The van der Waals surface area contributed by atoms with Crippen molar-refractivity contribution < 1.29 is 38.3 Å². The molecule has 4 amide bonds. The molecule has 0 spiro atoms. The first-order valence-electron chi connectivity index (χ1n) is 40.6. The van der Waals surface area contributed by atoms with E-state index in [1.165, 1.54) is 54.6 Å². The van der Waals surface area contributed by atoms with Crippen molar-refractivity contribution >= 4 is 117 Å². The molecule has 0 aliphatic carbocycles. The molecule has 0 radical (unpaired) electrons. The number of anilines is 4. The number of rotatable bonds is 34. The van der Waals surface area contributed by atoms with Gasteiger partial charge in [-0.05, 0) is 247 Å². The zero-order valence-electron chi connectivity index (χ0n) is 71.6. The molecule has 0 bridgehead atoms. The number of benzene rings is 9. The van der Waals surface area contributed by atoms with Gasteiger partial charge in [0.2, 0.25) is 12.8 Å². The van der Waals surface area contributed by atoms with Crippen LogP contribution in [0.1, 0.15) is 129 Å². The van der Waals surface area contributed by atoms with Gasteiger partial charge in [-0.1, -0.05) is 108 Å². The van der Waals surface area contributed by atoms with Crippen LogP contribution < -0.4 is 54.9 Å². The number of nitrogens with one attached hydrogen (secondary N) is 2. The second-order valence-corrected chi connectivity index (χ2v) is 29.3. The highest BCUT2D eigenvalue weighted by atomic mass is 16.7. The molecule has 0 atom stereocenters. The Bertz CT molecular complexity index is 6300. The lowest BCUT2D eigenvalue weighted by Crippen LogP contribution is -2.53. The van der Waals surface area contributed by atoms with Crippen LogP contribution in [0.2, 0.25) is 0 Å². The molecule has 2 heterocycles. The Labute approximate surface area is 718 Å². The van der Waals surface area contributed by atoms with E-state index in [0.717, 1.165) is 76.3 Å². The zero-order valence-corrected chi connectivity index (χ0v) is 71.6. The van der Waals surface area contributed by atoms with Gasteiger partial charge in [-0.2, -0.15) is 50.1 Å². The van der Waals surface area contributed by atoms with Crippen LogP contribution in [0.3, 0.4) is 0 Å². The number of aromatic nitrogens is 6. The van der Waals surface area contributed by atoms with Crippen LogP contribution in [-0.4, -0.2) is 103 Å². The minimum atomic E-state index is -1.24. The molecule has 0 saturated carbocycles. The van der Waals surface area contributed by atoms with E-state index in [1.54, 1.807) is 158 Å². The van der Waals surface area contributed by atoms with Crippen LogP contribution in [0.15, 0.2) is 232 Å². The molecule has 32 nitrogen and oxygen atoms in total. The first-order valence-corrected chi connectivity index (χ1v) is 40.6. The summed E-state index contributed by atoms with van der Waals surface area (Å²) in [6, 6.07) is 53.1. The van der Waals surface area contributed by atoms with Gasteiger partial charge in [0.1, 0.15) is 24.0 Å². The fourth-order valence-electron chi connectivity index (χ4n) is 12.7. The minimum absolute atomic E-state index is 0.0628. The fraction of sp³-hybridized carbons (Fsp3) is 0.269. The third-order valence-electron chi connectivity index (χ3n) is 20.1. The van der Waals surface area contributed by atoms with Gasteiger partial charge >= 0.3 is 46.3 Å². The third-order valence-corrected chi connectivity index (χ3v) is 20.1. The van der Waals surface area contributed by atoms with Gasteiger partial charge in [-0.15, -0.1) is 0 Å². The number of hydrogen-bond acceptors (Lipinski definition) is 22. The second-order valence-electron chi connectivity index (χ2n) is 29.3. The zero-order chi connectivity index (χ0) is 89.5. The number of hydrogen-bond donors (Lipinski definition) is 2. The maximum Gasteiger partial charge on any atom is 0.411 e. The van der Waals surface area contributed by atoms with E-state index in [0.29, 0.717) is 129 Å². The van der Waals surface area contributed by atoms with E-state index < -0.39 is 46.3 Å². The molecule has 0 unspecified atom stereocenters. The van der Waals surface area contributed by atoms with Gasteiger partial charge in [0.25, 0.3) is 0 Å². The number of carbonyl (C=O) groups is 4. The number of carbonyl (C=O) groups excluding carboxylic acids is 4. The molecular formula is C93H94N18O14. The van der Waals surface area contributed by atoms with Crippen molar-refractivity contribution in [2.75, 3.05) is 47.2 Å². The van der Waals surface area contributed by atoms with Crippen LogP contribution in [0.5, 0.6) is 0 Å². The molecule has 32 heteroatoms. The Morgan fingerprint density at radius 1 is 0.320 bits per heavy atom. The minimum Gasteiger partial charge on any atom is -0.449 e. The lowest BCUT2D eigenvalue weighted by Gasteiger charge is -2.19. The van der Waals surface area contributed by atoms with E-state index in [-0.39, 0.29) is 75.7 Å². The molecule has 11 aromatic rings. The Kier molecular flexibility index (Phi) is 30.6. The Morgan fingerprint density at radius 3 is 0.936 bits per heavy atom. The summed E-state index contributed by atoms with van der Waals surface area (Å²) in [5.41, 5.74) is 0.431. The number of ether oxygens (including phenoxy) is 2. The van der Waals surface area contributed by atoms with Gasteiger partial charge in [0, 0.05) is 11.4 Å². The smallest absolute Gasteiger partial charge is 0.411 e. The van der Waals surface area contributed by atoms with Gasteiger partial charge in [-0.25, -0.2) is 65.8 Å². The van der Waals surface area contributed by atoms with Gasteiger partial charge in [0.05, 0.1) is 117 Å². The number of aliphatic imine (C=N–C) groups is 8. The predicted octanol–water partition coefficient (Wildman–Crippen LogP) is 18.0. The summed E-state index contributed by atoms with van der Waals surface area (Å²) in [6.07, 6.45) is 5.98. The topological polar surface area (TPSA) is 367 Å². The SMILES string of the molecule is CCCCOC(=O)Nc1cc(N=C=Nc2cc(-n3c(=O)n(-c4ccc(C)c(N=C=Nc5ccc(C)c(NC(=O)OCCCC)c5)c4)c(=O)n(-c4ccc(C)c(-n5c(=O)n(-c6cc(N=C=Nc7ccc(C)c(N(C=O)OCCCC)c7)ccc6C)c(=O)n(-c6cc(N=C=Nc7ccc(C)c(N(C=O)OCCCC)c7)ccc6C)c5=O)c4)c3=O)ccc2C)ccc1C. The fourth-order valence-corrected chi connectivity index (χ4v) is 12.7. The number of aryl methyl sites for hydroxylation is 9. The van der Waals surface area contributed by atoms with Crippen molar-refractivity contribution in [3.63, 3.8) is 0 Å². The third kappa shape index (κ3) is 21.9. The highest BCUT2D eigenvalue weighted by Gasteiger charge is 2.27. The Hall–Kier alpha value is -15.3. The number of nitrogens with zero attached hydrogens (tertiary/aromatic N) is 16. The number of amides is 4. The maximum atomic E-state index is 16.1. The van der Waals surface area contributed by atoms with E-state index in [1.807, 2.05) is 41.5 Å². The lowest BCUT2D eigenvalue weighted by atomic mass is 10.1. The highest BCUT2D eigenvalue weighted by molar-refractivity contribution is 5.88. The van der Waals surface area contributed by atoms with Crippen LogP contribution in [0, 0.1) is 62.3 Å². The summed E-state index contributed by atoms with van der Waals surface area (Å²) in [5, 5.41) is 7.74. The first-order chi connectivity index (χ1) is 60.3. The largest absolute Gasteiger partial charge is 0.449 e. The molecule has 9 aromatic carbocycles. The second kappa shape index (κ2) is 42.3. The Morgan fingerprint density at radius 2 is 0.592 bits per heavy atom. The van der Waals surface area contributed by atoms with Crippen LogP contribution in [0.25, 0.3) is 34.1 Å². The molecule has 2 N–H and O–H groups in total. The molecule has 0 aliphatic rings. The van der Waals surface area contributed by atoms with Crippen molar-refractivity contribution in [2.45, 2.75) is 141 Å². The van der Waals surface area contributed by atoms with E-state index in [9.17, 15) is 19.2 Å². The van der Waals surface area contributed by atoms with Crippen molar-refractivity contribution in [2.24, 2.45) is 39.9 Å². The summed E-state index contributed by atoms with van der Waals surface area (Å²) in [7, 11) is 0. The number of unbranched alkanes of at least 4 members (excludes halogenated alkanes) is 4. The van der Waals surface area contributed by atoms with Crippen LogP contribution in [-0.2, 0) is 28.7 Å². The highest BCUT2D eigenvalue weighted by Crippen LogP contribution is 2.32. The summed E-state index contributed by atoms with van der Waals surface area (Å²) < 4.78 is 15.0. The average molecular weight is 1690 g/mol. The van der Waals surface area contributed by atoms with Gasteiger partial charge < -0.3 is 9.47 Å². The molecule has 11 rings (SSSR count). The average Bonchev–Trinajstić information content (AvgIpc) is 0.734. The lowest BCUT2D eigenvalue weighted by molar-refractivity contribution is -0.114. The predicted molar refractivity (Wildman–Crippen MR) is 484 cm³/mol. The molecular weight excluding hydrogens is 1590 g/mol. The van der Waals surface area contributed by atoms with E-state index in [4.69, 9.17) is 19.1 Å². The quantitative estimate of drug-likeness (QED) is 0.0164. The van der Waals surface area contributed by atoms with Gasteiger partial charge in [0.15, 0.2) is 0 Å². The number of hydroxylamine groups is 2. The molecule has 0 fully saturated rings. The van der Waals surface area contributed by atoms with Crippen LogP contribution >= 0.6 is 0 Å². The van der Waals surface area contributed by atoms with Crippen LogP contribution in [0.4, 0.5) is 77.8 Å². The van der Waals surface area contributed by atoms with Crippen molar-refractivity contribution in [1.82, 2.24) is 27.4 Å². The molecule has 125 heavy (non-hydrogen) atoms. The molecule has 640 valence electrons. The monoisotopic (exact) mass is 1690 g/mol. The van der Waals surface area contributed by atoms with Crippen molar-refractivity contribution in [1.29, 1.82) is 0 Å². The molecule has 0 aliphatic heterocycles. The summed E-state index contributed by atoms with van der Waals surface area (Å²) in [5.74, 6) is 0. The molecule has 2 aromatic heterocycles.